The molecular weight excluding hydrogens is 221 g/mol. The van der Waals surface area contributed by atoms with Crippen molar-refractivity contribution >= 4 is 5.91 Å². The lowest BCUT2D eigenvalue weighted by Gasteiger charge is -2.14. The quantitative estimate of drug-likeness (QED) is 0.534. The van der Waals surface area contributed by atoms with Gasteiger partial charge in [-0.2, -0.15) is 13.2 Å². The molecule has 0 rings (SSSR count). The van der Waals surface area contributed by atoms with Crippen molar-refractivity contribution in [2.75, 3.05) is 13.1 Å². The van der Waals surface area contributed by atoms with Crippen molar-refractivity contribution < 1.29 is 18.0 Å². The van der Waals surface area contributed by atoms with E-state index in [2.05, 4.69) is 11.2 Å². The zero-order chi connectivity index (χ0) is 12.6. The molecule has 0 heterocycles. The molecule has 0 fully saturated rings. The number of nitrogens with one attached hydrogen (secondary N) is 2. The highest BCUT2D eigenvalue weighted by Gasteiger charge is 2.28. The summed E-state index contributed by atoms with van der Waals surface area (Å²) in [4.78, 5) is 11.1. The van der Waals surface area contributed by atoms with E-state index in [0.29, 0.717) is 19.4 Å². The lowest BCUT2D eigenvalue weighted by Crippen LogP contribution is -2.45. The van der Waals surface area contributed by atoms with Gasteiger partial charge in [-0.15, -0.1) is 12.3 Å². The number of hydrogen-bond donors (Lipinski definition) is 2. The molecule has 0 spiro atoms. The highest BCUT2D eigenvalue weighted by molar-refractivity contribution is 5.81. The number of rotatable bonds is 6. The molecule has 0 bridgehead atoms. The molecule has 0 aliphatic carbocycles. The van der Waals surface area contributed by atoms with Crippen LogP contribution in [0.1, 0.15) is 19.8 Å². The van der Waals surface area contributed by atoms with Crippen molar-refractivity contribution in [1.29, 1.82) is 0 Å². The predicted molar refractivity (Wildman–Crippen MR) is 54.6 cm³/mol. The highest BCUT2D eigenvalue weighted by atomic mass is 19.4. The van der Waals surface area contributed by atoms with Crippen LogP contribution in [0.5, 0.6) is 0 Å². The maximum Gasteiger partial charge on any atom is 0.405 e. The first kappa shape index (κ1) is 14.8. The van der Waals surface area contributed by atoms with Crippen LogP contribution in [0.25, 0.3) is 0 Å². The topological polar surface area (TPSA) is 41.1 Å². The largest absolute Gasteiger partial charge is 0.405 e. The Morgan fingerprint density at radius 1 is 1.50 bits per heavy atom. The lowest BCUT2D eigenvalue weighted by molar-refractivity contribution is -0.139. The number of unbranched alkanes of at least 4 members (excludes halogenated alkanes) is 1. The molecule has 0 aromatic rings. The molecule has 0 saturated heterocycles. The average Bonchev–Trinajstić information content (AvgIpc) is 2.19. The minimum Gasteiger partial charge on any atom is -0.346 e. The van der Waals surface area contributed by atoms with E-state index in [1.807, 2.05) is 0 Å². The Labute approximate surface area is 92.8 Å². The van der Waals surface area contributed by atoms with E-state index in [1.165, 1.54) is 6.92 Å². The third-order valence-electron chi connectivity index (χ3n) is 1.80. The van der Waals surface area contributed by atoms with Crippen LogP contribution in [-0.2, 0) is 4.79 Å². The first-order valence-corrected chi connectivity index (χ1v) is 4.88. The molecule has 0 aromatic heterocycles. The fourth-order valence-corrected chi connectivity index (χ4v) is 0.942. The summed E-state index contributed by atoms with van der Waals surface area (Å²) < 4.78 is 35.3. The van der Waals surface area contributed by atoms with Crippen molar-refractivity contribution in [3.05, 3.63) is 0 Å². The minimum absolute atomic E-state index is 0.505. The van der Waals surface area contributed by atoms with Crippen LogP contribution in [0.3, 0.4) is 0 Å². The smallest absolute Gasteiger partial charge is 0.346 e. The van der Waals surface area contributed by atoms with Crippen LogP contribution in [0.2, 0.25) is 0 Å². The number of hydrogen-bond acceptors (Lipinski definition) is 2. The van der Waals surface area contributed by atoms with E-state index in [0.717, 1.165) is 0 Å². The van der Waals surface area contributed by atoms with Gasteiger partial charge in [-0.1, -0.05) is 0 Å². The summed E-state index contributed by atoms with van der Waals surface area (Å²) in [7, 11) is 0. The van der Waals surface area contributed by atoms with Crippen LogP contribution in [0.4, 0.5) is 13.2 Å². The lowest BCUT2D eigenvalue weighted by atomic mass is 10.2. The van der Waals surface area contributed by atoms with Gasteiger partial charge in [-0.05, 0) is 19.9 Å². The van der Waals surface area contributed by atoms with Crippen molar-refractivity contribution in [2.45, 2.75) is 32.0 Å². The Hall–Kier alpha value is -1.22. The Balaban J connectivity index is 3.70. The van der Waals surface area contributed by atoms with Crippen LogP contribution in [0.15, 0.2) is 0 Å². The van der Waals surface area contributed by atoms with Gasteiger partial charge in [0.15, 0.2) is 0 Å². The molecule has 1 atom stereocenters. The summed E-state index contributed by atoms with van der Waals surface area (Å²) in [5.74, 6) is 1.76. The second-order valence-corrected chi connectivity index (χ2v) is 3.32. The molecule has 6 heteroatoms. The Bertz CT molecular complexity index is 258. The summed E-state index contributed by atoms with van der Waals surface area (Å²) in [6, 6.07) is -0.653. The molecule has 92 valence electrons. The zero-order valence-corrected chi connectivity index (χ0v) is 9.03. The molecule has 1 unspecified atom stereocenters. The zero-order valence-electron chi connectivity index (χ0n) is 9.03. The molecule has 0 aliphatic heterocycles. The van der Waals surface area contributed by atoms with Crippen LogP contribution in [-0.4, -0.2) is 31.2 Å². The maximum absolute atomic E-state index is 11.8. The molecule has 0 aliphatic rings. The number of terminal acetylenes is 1. The van der Waals surface area contributed by atoms with E-state index in [9.17, 15) is 18.0 Å². The van der Waals surface area contributed by atoms with E-state index < -0.39 is 24.7 Å². The number of halogens is 3. The minimum atomic E-state index is -4.38. The monoisotopic (exact) mass is 236 g/mol. The van der Waals surface area contributed by atoms with Gasteiger partial charge in [0.25, 0.3) is 0 Å². The molecule has 2 N–H and O–H groups in total. The third-order valence-corrected chi connectivity index (χ3v) is 1.80. The van der Waals surface area contributed by atoms with Crippen molar-refractivity contribution in [3.8, 4) is 12.3 Å². The number of alkyl halides is 3. The second-order valence-electron chi connectivity index (χ2n) is 3.32. The standard InChI is InChI=1S/C10H15F3N2O/c1-3-4-5-6-14-8(2)9(16)15-7-10(11,12)13/h1,8,14H,4-7H2,2H3,(H,15,16). The van der Waals surface area contributed by atoms with Gasteiger partial charge in [-0.25, -0.2) is 0 Å². The third kappa shape index (κ3) is 8.12. The normalized spacial score (nSPS) is 12.9. The Morgan fingerprint density at radius 2 is 2.12 bits per heavy atom. The van der Waals surface area contributed by atoms with Crippen LogP contribution in [0, 0.1) is 12.3 Å². The van der Waals surface area contributed by atoms with Gasteiger partial charge in [-0.3, -0.25) is 4.79 Å². The van der Waals surface area contributed by atoms with Crippen LogP contribution < -0.4 is 10.6 Å². The van der Waals surface area contributed by atoms with Crippen molar-refractivity contribution in [3.63, 3.8) is 0 Å². The SMILES string of the molecule is C#CCCCNC(C)C(=O)NCC(F)(F)F. The summed E-state index contributed by atoms with van der Waals surface area (Å²) in [6.07, 6.45) is 1.90. The van der Waals surface area contributed by atoms with Crippen molar-refractivity contribution in [2.24, 2.45) is 0 Å². The van der Waals surface area contributed by atoms with E-state index in [-0.39, 0.29) is 0 Å². The van der Waals surface area contributed by atoms with Crippen LogP contribution >= 0.6 is 0 Å². The molecule has 1 amide bonds. The predicted octanol–water partition coefficient (Wildman–Crippen LogP) is 1.06. The first-order chi connectivity index (χ1) is 7.37. The van der Waals surface area contributed by atoms with Gasteiger partial charge >= 0.3 is 6.18 Å². The van der Waals surface area contributed by atoms with E-state index in [1.54, 1.807) is 5.32 Å². The molecule has 0 saturated carbocycles. The first-order valence-electron chi connectivity index (χ1n) is 4.88. The average molecular weight is 236 g/mol. The molecule has 16 heavy (non-hydrogen) atoms. The van der Waals surface area contributed by atoms with Gasteiger partial charge < -0.3 is 10.6 Å². The molecule has 3 nitrogen and oxygen atoms in total. The molecule has 0 aromatic carbocycles. The summed E-state index contributed by atoms with van der Waals surface area (Å²) >= 11 is 0. The van der Waals surface area contributed by atoms with E-state index in [4.69, 9.17) is 6.42 Å². The summed E-state index contributed by atoms with van der Waals surface area (Å²) in [5.41, 5.74) is 0. The highest BCUT2D eigenvalue weighted by Crippen LogP contribution is 2.12. The second kappa shape index (κ2) is 7.12. The van der Waals surface area contributed by atoms with Gasteiger partial charge in [0.05, 0.1) is 6.04 Å². The van der Waals surface area contributed by atoms with E-state index >= 15 is 0 Å². The Kier molecular flexibility index (Phi) is 6.58. The number of carbonyl (C=O) groups is 1. The number of carbonyl (C=O) groups excluding carboxylic acids is 1. The molecule has 0 radical (unpaired) electrons. The van der Waals surface area contributed by atoms with Gasteiger partial charge in [0.2, 0.25) is 5.91 Å². The molecular formula is C10H15F3N2O. The summed E-state index contributed by atoms with van der Waals surface area (Å²) in [5, 5.41) is 4.58. The maximum atomic E-state index is 11.8. The number of amides is 1. The van der Waals surface area contributed by atoms with Gasteiger partial charge in [0.1, 0.15) is 6.54 Å². The fraction of sp³-hybridized carbons (Fsp3) is 0.700. The van der Waals surface area contributed by atoms with Gasteiger partial charge in [0, 0.05) is 6.42 Å². The Morgan fingerprint density at radius 3 is 2.62 bits per heavy atom. The van der Waals surface area contributed by atoms with Crippen molar-refractivity contribution in [1.82, 2.24) is 10.6 Å². The summed E-state index contributed by atoms with van der Waals surface area (Å²) in [6.45, 7) is 0.703. The fourth-order valence-electron chi connectivity index (χ4n) is 0.942.